The van der Waals surface area contributed by atoms with Crippen LogP contribution in [0.3, 0.4) is 0 Å². The first-order valence-corrected chi connectivity index (χ1v) is 8.07. The number of hydrogen-bond donors (Lipinski definition) is 2. The van der Waals surface area contributed by atoms with Crippen molar-refractivity contribution in [2.45, 2.75) is 13.0 Å². The molecule has 1 amide bonds. The molecule has 8 nitrogen and oxygen atoms in total. The molecule has 0 saturated carbocycles. The molecule has 2 aromatic heterocycles. The third-order valence-electron chi connectivity index (χ3n) is 3.65. The number of H-pyrrole nitrogens is 1. The molecule has 0 unspecified atom stereocenters. The van der Waals surface area contributed by atoms with E-state index in [1.165, 1.54) is 0 Å². The summed E-state index contributed by atoms with van der Waals surface area (Å²) >= 11 is 5.28. The minimum Gasteiger partial charge on any atom is -0.497 e. The fraction of sp³-hybridized carbons (Fsp3) is 0.250. The maximum absolute atomic E-state index is 12.1. The Hall–Kier alpha value is -2.94. The molecule has 0 bridgehead atoms. The van der Waals surface area contributed by atoms with Crippen molar-refractivity contribution in [2.75, 3.05) is 12.4 Å². The number of nitrogens with one attached hydrogen (secondary N) is 2. The predicted octanol–water partition coefficient (Wildman–Crippen LogP) is 2.38. The molecule has 9 heteroatoms. The molecule has 2 N–H and O–H groups in total. The highest BCUT2D eigenvalue weighted by Crippen LogP contribution is 2.21. The second kappa shape index (κ2) is 7.31. The van der Waals surface area contributed by atoms with Gasteiger partial charge in [0, 0.05) is 37.8 Å². The summed E-state index contributed by atoms with van der Waals surface area (Å²) in [4.78, 5) is 12.1. The van der Waals surface area contributed by atoms with Crippen LogP contribution in [0.25, 0.3) is 11.4 Å². The van der Waals surface area contributed by atoms with Crippen LogP contribution in [-0.4, -0.2) is 37.6 Å². The molecule has 0 saturated heterocycles. The van der Waals surface area contributed by atoms with Crippen molar-refractivity contribution in [1.29, 1.82) is 0 Å². The number of amides is 1. The van der Waals surface area contributed by atoms with Gasteiger partial charge in [-0.3, -0.25) is 19.1 Å². The number of hydrogen-bond acceptors (Lipinski definition) is 5. The number of carbonyl (C=O) groups is 1. The van der Waals surface area contributed by atoms with Gasteiger partial charge in [0.05, 0.1) is 7.11 Å². The number of ether oxygens (including phenoxy) is 1. The Kier molecular flexibility index (Phi) is 4.94. The van der Waals surface area contributed by atoms with E-state index in [4.69, 9.17) is 17.0 Å². The number of benzene rings is 1. The van der Waals surface area contributed by atoms with Gasteiger partial charge in [-0.1, -0.05) is 0 Å². The number of aromatic nitrogens is 5. The largest absolute Gasteiger partial charge is 0.497 e. The number of methoxy groups -OCH3 is 1. The molecule has 3 aromatic rings. The molecule has 0 aliphatic carbocycles. The molecule has 0 spiro atoms. The van der Waals surface area contributed by atoms with Crippen LogP contribution in [0.4, 0.5) is 5.82 Å². The van der Waals surface area contributed by atoms with Crippen LogP contribution in [-0.2, 0) is 18.4 Å². The van der Waals surface area contributed by atoms with Crippen molar-refractivity contribution >= 4 is 23.9 Å². The Bertz CT molecular complexity index is 925. The molecule has 3 rings (SSSR count). The monoisotopic (exact) mass is 358 g/mol. The Labute approximate surface area is 149 Å². The summed E-state index contributed by atoms with van der Waals surface area (Å²) < 4.78 is 9.06. The van der Waals surface area contributed by atoms with Crippen LogP contribution in [0.2, 0.25) is 0 Å². The van der Waals surface area contributed by atoms with Crippen LogP contribution >= 0.6 is 12.2 Å². The summed E-state index contributed by atoms with van der Waals surface area (Å²) in [6, 6.07) is 9.24. The van der Waals surface area contributed by atoms with Gasteiger partial charge in [-0.15, -0.1) is 0 Å². The first-order valence-electron chi connectivity index (χ1n) is 7.66. The van der Waals surface area contributed by atoms with Crippen LogP contribution in [0, 0.1) is 4.77 Å². The molecular weight excluding hydrogens is 340 g/mol. The zero-order valence-corrected chi connectivity index (χ0v) is 14.7. The van der Waals surface area contributed by atoms with E-state index in [-0.39, 0.29) is 12.3 Å². The van der Waals surface area contributed by atoms with Gasteiger partial charge in [0.15, 0.2) is 16.4 Å². The highest BCUT2D eigenvalue weighted by atomic mass is 32.1. The standard InChI is InChI=1S/C16H18N6O2S/c1-21-9-7-13(20-21)17-14(23)8-10-22-15(18-19-16(22)25)11-3-5-12(24-2)6-4-11/h3-7,9H,8,10H2,1-2H3,(H,19,25)(H,17,20,23). The summed E-state index contributed by atoms with van der Waals surface area (Å²) in [6.07, 6.45) is 2.02. The Morgan fingerprint density at radius 3 is 2.72 bits per heavy atom. The van der Waals surface area contributed by atoms with E-state index >= 15 is 0 Å². The predicted molar refractivity (Wildman–Crippen MR) is 95.9 cm³/mol. The van der Waals surface area contributed by atoms with Crippen molar-refractivity contribution in [1.82, 2.24) is 24.5 Å². The maximum Gasteiger partial charge on any atom is 0.227 e. The number of aryl methyl sites for hydroxylation is 1. The van der Waals surface area contributed by atoms with E-state index in [1.54, 1.807) is 35.7 Å². The number of rotatable bonds is 6. The number of aromatic amines is 1. The highest BCUT2D eigenvalue weighted by Gasteiger charge is 2.11. The van der Waals surface area contributed by atoms with Crippen LogP contribution in [0.5, 0.6) is 5.75 Å². The molecule has 0 aliphatic rings. The minimum atomic E-state index is -0.137. The van der Waals surface area contributed by atoms with E-state index in [0.29, 0.717) is 23.0 Å². The summed E-state index contributed by atoms with van der Waals surface area (Å²) in [7, 11) is 3.41. The fourth-order valence-corrected chi connectivity index (χ4v) is 2.61. The Balaban J connectivity index is 1.71. The van der Waals surface area contributed by atoms with Gasteiger partial charge in [-0.25, -0.2) is 0 Å². The van der Waals surface area contributed by atoms with E-state index in [0.717, 1.165) is 11.3 Å². The zero-order chi connectivity index (χ0) is 17.8. The van der Waals surface area contributed by atoms with Crippen LogP contribution in [0.1, 0.15) is 6.42 Å². The lowest BCUT2D eigenvalue weighted by Crippen LogP contribution is -2.15. The van der Waals surface area contributed by atoms with Gasteiger partial charge in [0.2, 0.25) is 5.91 Å². The number of carbonyl (C=O) groups excluding carboxylic acids is 1. The minimum absolute atomic E-state index is 0.137. The maximum atomic E-state index is 12.1. The molecule has 1 aromatic carbocycles. The van der Waals surface area contributed by atoms with Gasteiger partial charge in [0.1, 0.15) is 5.75 Å². The van der Waals surface area contributed by atoms with E-state index in [2.05, 4.69) is 20.6 Å². The molecular formula is C16H18N6O2S. The van der Waals surface area contributed by atoms with Crippen molar-refractivity contribution in [3.8, 4) is 17.1 Å². The second-order valence-electron chi connectivity index (χ2n) is 5.41. The summed E-state index contributed by atoms with van der Waals surface area (Å²) in [6.45, 7) is 0.412. The molecule has 130 valence electrons. The van der Waals surface area contributed by atoms with Crippen LogP contribution < -0.4 is 10.1 Å². The molecule has 2 heterocycles. The average Bonchev–Trinajstić information content (AvgIpc) is 3.18. The van der Waals surface area contributed by atoms with Gasteiger partial charge in [-0.2, -0.15) is 10.2 Å². The quantitative estimate of drug-likeness (QED) is 0.660. The second-order valence-corrected chi connectivity index (χ2v) is 5.79. The topological polar surface area (TPSA) is 89.8 Å². The lowest BCUT2D eigenvalue weighted by Gasteiger charge is -2.07. The van der Waals surface area contributed by atoms with Crippen LogP contribution in [0.15, 0.2) is 36.5 Å². The Morgan fingerprint density at radius 1 is 1.32 bits per heavy atom. The third-order valence-corrected chi connectivity index (χ3v) is 3.96. The van der Waals surface area contributed by atoms with Gasteiger partial charge in [-0.05, 0) is 36.5 Å². The molecule has 25 heavy (non-hydrogen) atoms. The van der Waals surface area contributed by atoms with Crippen molar-refractivity contribution in [2.24, 2.45) is 7.05 Å². The SMILES string of the molecule is COc1ccc(-c2n[nH]c(=S)n2CCC(=O)Nc2ccn(C)n2)cc1. The van der Waals surface area contributed by atoms with Gasteiger partial charge in [0.25, 0.3) is 0 Å². The molecule has 0 atom stereocenters. The van der Waals surface area contributed by atoms with Gasteiger partial charge < -0.3 is 10.1 Å². The summed E-state index contributed by atoms with van der Waals surface area (Å²) in [5.41, 5.74) is 0.887. The highest BCUT2D eigenvalue weighted by molar-refractivity contribution is 7.71. The van der Waals surface area contributed by atoms with E-state index in [9.17, 15) is 4.79 Å². The number of nitrogens with zero attached hydrogens (tertiary/aromatic N) is 4. The molecule has 0 fully saturated rings. The van der Waals surface area contributed by atoms with E-state index in [1.807, 2.05) is 24.3 Å². The lowest BCUT2D eigenvalue weighted by molar-refractivity contribution is -0.116. The van der Waals surface area contributed by atoms with Crippen molar-refractivity contribution in [3.05, 3.63) is 41.3 Å². The summed E-state index contributed by atoms with van der Waals surface area (Å²) in [5.74, 6) is 1.83. The number of anilines is 1. The summed E-state index contributed by atoms with van der Waals surface area (Å²) in [5, 5.41) is 13.9. The van der Waals surface area contributed by atoms with E-state index < -0.39 is 0 Å². The van der Waals surface area contributed by atoms with Gasteiger partial charge >= 0.3 is 0 Å². The lowest BCUT2D eigenvalue weighted by atomic mass is 10.2. The normalized spacial score (nSPS) is 10.6. The molecule has 0 radical (unpaired) electrons. The fourth-order valence-electron chi connectivity index (χ4n) is 2.39. The van der Waals surface area contributed by atoms with Crippen molar-refractivity contribution < 1.29 is 9.53 Å². The smallest absolute Gasteiger partial charge is 0.227 e. The average molecular weight is 358 g/mol. The Morgan fingerprint density at radius 2 is 2.08 bits per heavy atom. The molecule has 0 aliphatic heterocycles. The zero-order valence-electron chi connectivity index (χ0n) is 13.9. The first kappa shape index (κ1) is 16.9. The third kappa shape index (κ3) is 3.94. The first-order chi connectivity index (χ1) is 12.1. The van der Waals surface area contributed by atoms with Crippen molar-refractivity contribution in [3.63, 3.8) is 0 Å².